The topological polar surface area (TPSA) is 0 Å². The van der Waals surface area contributed by atoms with Gasteiger partial charge in [-0.05, 0) is 34.2 Å². The number of fused-ring (bicyclic) bond motifs is 1. The van der Waals surface area contributed by atoms with E-state index < -0.39 is 0 Å². The summed E-state index contributed by atoms with van der Waals surface area (Å²) in [6.45, 7) is 0. The summed E-state index contributed by atoms with van der Waals surface area (Å²) < 4.78 is 2.50. The molecule has 0 spiro atoms. The molecular formula is C9H6ClIS2. The maximum atomic E-state index is 5.86. The van der Waals surface area contributed by atoms with Crippen LogP contribution >= 0.6 is 58.2 Å². The summed E-state index contributed by atoms with van der Waals surface area (Å²) in [5, 5.41) is 1.22. The van der Waals surface area contributed by atoms with E-state index in [1.165, 1.54) is 18.5 Å². The van der Waals surface area contributed by atoms with E-state index in [0.29, 0.717) is 5.88 Å². The highest BCUT2D eigenvalue weighted by Gasteiger charge is 2.09. The van der Waals surface area contributed by atoms with E-state index in [-0.39, 0.29) is 0 Å². The van der Waals surface area contributed by atoms with Gasteiger partial charge in [0.1, 0.15) is 0 Å². The maximum Gasteiger partial charge on any atom is 0.0799 e. The van der Waals surface area contributed by atoms with Crippen LogP contribution in [-0.2, 0) is 5.88 Å². The summed E-state index contributed by atoms with van der Waals surface area (Å²) in [6.07, 6.45) is 0. The lowest BCUT2D eigenvalue weighted by Crippen LogP contribution is -1.78. The summed E-state index contributed by atoms with van der Waals surface area (Å²) in [6, 6.07) is 6.20. The van der Waals surface area contributed by atoms with Crippen LogP contribution in [0.5, 0.6) is 0 Å². The lowest BCUT2D eigenvalue weighted by Gasteiger charge is -1.98. The first-order valence-corrected chi connectivity index (χ1v) is 6.56. The third-order valence-corrected chi connectivity index (χ3v) is 5.34. The highest BCUT2D eigenvalue weighted by Crippen LogP contribution is 2.37. The fourth-order valence-corrected chi connectivity index (χ4v) is 3.84. The van der Waals surface area contributed by atoms with Crippen molar-refractivity contribution in [1.29, 1.82) is 0 Å². The monoisotopic (exact) mass is 340 g/mol. The molecule has 2 rings (SSSR count). The summed E-state index contributed by atoms with van der Waals surface area (Å²) in [5.74, 6) is 0.553. The Kier molecular flexibility index (Phi) is 3.07. The second-order valence-corrected chi connectivity index (χ2v) is 6.23. The zero-order valence-corrected chi connectivity index (χ0v) is 11.2. The van der Waals surface area contributed by atoms with Crippen LogP contribution in [0.2, 0.25) is 0 Å². The molecule has 1 aromatic heterocycles. The van der Waals surface area contributed by atoms with Crippen LogP contribution in [0, 0.1) is 2.88 Å². The van der Waals surface area contributed by atoms with Crippen LogP contribution in [0.25, 0.3) is 10.1 Å². The molecule has 2 aromatic rings. The largest absolute Gasteiger partial charge is 0.141 e. The van der Waals surface area contributed by atoms with E-state index in [0.717, 1.165) is 4.90 Å². The Morgan fingerprint density at radius 1 is 1.46 bits per heavy atom. The zero-order chi connectivity index (χ0) is 9.42. The molecule has 0 radical (unpaired) electrons. The van der Waals surface area contributed by atoms with Crippen LogP contribution in [0.1, 0.15) is 5.56 Å². The van der Waals surface area contributed by atoms with Gasteiger partial charge in [-0.3, -0.25) is 0 Å². The van der Waals surface area contributed by atoms with Gasteiger partial charge in [-0.15, -0.1) is 35.6 Å². The number of hydrogen-bond acceptors (Lipinski definition) is 2. The van der Waals surface area contributed by atoms with Crippen LogP contribution in [0.4, 0.5) is 0 Å². The Labute approximate surface area is 105 Å². The number of halogens is 2. The Bertz CT molecular complexity index is 450. The molecule has 1 aromatic carbocycles. The fourth-order valence-electron chi connectivity index (χ4n) is 1.28. The highest BCUT2D eigenvalue weighted by molar-refractivity contribution is 14.1. The fraction of sp³-hybridized carbons (Fsp3) is 0.111. The Morgan fingerprint density at radius 2 is 2.23 bits per heavy atom. The molecule has 1 heterocycles. The zero-order valence-electron chi connectivity index (χ0n) is 6.55. The summed E-state index contributed by atoms with van der Waals surface area (Å²) >= 11 is 14.4. The van der Waals surface area contributed by atoms with Crippen molar-refractivity contribution in [3.8, 4) is 0 Å². The molecule has 68 valence electrons. The summed E-state index contributed by atoms with van der Waals surface area (Å²) in [7, 11) is 0. The quantitative estimate of drug-likeness (QED) is 0.440. The Hall–Kier alpha value is 0.550. The van der Waals surface area contributed by atoms with Crippen molar-refractivity contribution in [2.45, 2.75) is 10.8 Å². The van der Waals surface area contributed by atoms with E-state index in [1.807, 2.05) is 6.07 Å². The third-order valence-electron chi connectivity index (χ3n) is 1.88. The molecule has 0 saturated heterocycles. The van der Waals surface area contributed by atoms with Crippen LogP contribution in [-0.4, -0.2) is 0 Å². The van der Waals surface area contributed by atoms with Gasteiger partial charge >= 0.3 is 0 Å². The lowest BCUT2D eigenvalue weighted by molar-refractivity contribution is 1.43. The maximum absolute atomic E-state index is 5.86. The number of rotatable bonds is 1. The molecule has 4 heteroatoms. The first kappa shape index (κ1) is 10.1. The Balaban J connectivity index is 2.87. The molecule has 13 heavy (non-hydrogen) atoms. The predicted octanol–water partition coefficient (Wildman–Crippen LogP) is 4.53. The van der Waals surface area contributed by atoms with Gasteiger partial charge in [0.2, 0.25) is 0 Å². The first-order chi connectivity index (χ1) is 6.24. The molecule has 0 aliphatic rings. The number of thiol groups is 1. The average Bonchev–Trinajstić information content (AvgIpc) is 2.43. The number of benzene rings is 1. The van der Waals surface area contributed by atoms with E-state index in [9.17, 15) is 0 Å². The van der Waals surface area contributed by atoms with Gasteiger partial charge in [0.15, 0.2) is 0 Å². The van der Waals surface area contributed by atoms with Crippen molar-refractivity contribution < 1.29 is 0 Å². The highest BCUT2D eigenvalue weighted by atomic mass is 127. The lowest BCUT2D eigenvalue weighted by atomic mass is 10.1. The normalized spacial score (nSPS) is 11.0. The van der Waals surface area contributed by atoms with E-state index in [1.54, 1.807) is 11.3 Å². The molecule has 0 N–H and O–H groups in total. The summed E-state index contributed by atoms with van der Waals surface area (Å²) in [4.78, 5) is 1.07. The van der Waals surface area contributed by atoms with Gasteiger partial charge < -0.3 is 0 Å². The molecule has 0 aliphatic carbocycles. The number of thiophene rings is 1. The third kappa shape index (κ3) is 1.71. The standard InChI is InChI=1S/C9H6ClIS2/c10-4-5-2-1-3-6-7(5)8(12)9(11)13-6/h1-3,12H,4H2. The van der Waals surface area contributed by atoms with Gasteiger partial charge in [-0.25, -0.2) is 0 Å². The SMILES string of the molecule is Sc1c(I)sc2cccc(CCl)c12. The molecule has 0 saturated carbocycles. The summed E-state index contributed by atoms with van der Waals surface area (Å²) in [5.41, 5.74) is 1.17. The van der Waals surface area contributed by atoms with Crippen molar-refractivity contribution in [2.75, 3.05) is 0 Å². The van der Waals surface area contributed by atoms with Crippen molar-refractivity contribution in [3.63, 3.8) is 0 Å². The average molecular weight is 341 g/mol. The van der Waals surface area contributed by atoms with Gasteiger partial charge in [-0.2, -0.15) is 0 Å². The molecular weight excluding hydrogens is 335 g/mol. The van der Waals surface area contributed by atoms with Crippen LogP contribution < -0.4 is 0 Å². The van der Waals surface area contributed by atoms with Gasteiger partial charge in [0, 0.05) is 20.9 Å². The van der Waals surface area contributed by atoms with Gasteiger partial charge in [0.05, 0.1) is 2.88 Å². The van der Waals surface area contributed by atoms with Crippen molar-refractivity contribution in [1.82, 2.24) is 0 Å². The number of hydrogen-bond donors (Lipinski definition) is 1. The molecule has 0 fully saturated rings. The minimum absolute atomic E-state index is 0.553. The molecule has 0 bridgehead atoms. The molecule has 0 amide bonds. The Morgan fingerprint density at radius 3 is 2.92 bits per heavy atom. The van der Waals surface area contributed by atoms with E-state index in [2.05, 4.69) is 47.4 Å². The second-order valence-electron chi connectivity index (χ2n) is 2.65. The molecule has 0 nitrogen and oxygen atoms in total. The van der Waals surface area contributed by atoms with Crippen LogP contribution in [0.15, 0.2) is 23.1 Å². The molecule has 0 aliphatic heterocycles. The second kappa shape index (κ2) is 3.96. The smallest absolute Gasteiger partial charge is 0.0799 e. The molecule has 0 atom stereocenters. The van der Waals surface area contributed by atoms with Crippen LogP contribution in [0.3, 0.4) is 0 Å². The van der Waals surface area contributed by atoms with Gasteiger partial charge in [0.25, 0.3) is 0 Å². The predicted molar refractivity (Wildman–Crippen MR) is 71.4 cm³/mol. The van der Waals surface area contributed by atoms with E-state index in [4.69, 9.17) is 11.6 Å². The first-order valence-electron chi connectivity index (χ1n) is 3.69. The molecule has 0 unspecified atom stereocenters. The number of alkyl halides is 1. The van der Waals surface area contributed by atoms with Crippen molar-refractivity contribution >= 4 is 68.2 Å². The van der Waals surface area contributed by atoms with E-state index >= 15 is 0 Å². The minimum atomic E-state index is 0.553. The van der Waals surface area contributed by atoms with Crippen molar-refractivity contribution in [3.05, 3.63) is 26.6 Å². The van der Waals surface area contributed by atoms with Crippen molar-refractivity contribution in [2.24, 2.45) is 0 Å². The van der Waals surface area contributed by atoms with Gasteiger partial charge in [-0.1, -0.05) is 12.1 Å². The minimum Gasteiger partial charge on any atom is -0.141 e.